The quantitative estimate of drug-likeness (QED) is 0.171. The molecular weight excluding hydrogens is 530 g/mol. The van der Waals surface area contributed by atoms with Crippen LogP contribution in [0.3, 0.4) is 0 Å². The van der Waals surface area contributed by atoms with E-state index in [2.05, 4.69) is 0 Å². The van der Waals surface area contributed by atoms with Gasteiger partial charge in [0, 0.05) is 42.5 Å². The van der Waals surface area contributed by atoms with E-state index in [1.54, 1.807) is 30.3 Å². The van der Waals surface area contributed by atoms with E-state index in [1.807, 2.05) is 6.92 Å². The van der Waals surface area contributed by atoms with Crippen molar-refractivity contribution in [3.63, 3.8) is 0 Å². The van der Waals surface area contributed by atoms with Crippen molar-refractivity contribution in [2.75, 3.05) is 5.73 Å². The Morgan fingerprint density at radius 2 is 1.72 bits per heavy atom. The van der Waals surface area contributed by atoms with Gasteiger partial charge in [0.2, 0.25) is 0 Å². The molecule has 5 aromatic rings. The van der Waals surface area contributed by atoms with Crippen LogP contribution in [0, 0.1) is 28.7 Å². The van der Waals surface area contributed by atoms with Gasteiger partial charge in [-0.15, -0.1) is 0 Å². The number of nitro benzene ring substituents is 1. The number of anilines is 1. The lowest BCUT2D eigenvalue weighted by Gasteiger charge is -2.16. The number of pyridine rings is 1. The number of nitro groups is 1. The molecule has 1 unspecified atom stereocenters. The molecule has 1 atom stereocenters. The predicted molar refractivity (Wildman–Crippen MR) is 143 cm³/mol. The smallest absolute Gasteiger partial charge is 0.293 e. The summed E-state index contributed by atoms with van der Waals surface area (Å²) in [6, 6.07) is 13.6. The minimum absolute atomic E-state index is 0.00685. The second-order valence-corrected chi connectivity index (χ2v) is 10.1. The molecule has 2 aromatic heterocycles. The topological polar surface area (TPSA) is 122 Å². The average Bonchev–Trinajstić information content (AvgIpc) is 3.34. The van der Waals surface area contributed by atoms with Gasteiger partial charge in [-0.3, -0.25) is 18.9 Å². The molecular formula is C27H20F2N4O5S. The summed E-state index contributed by atoms with van der Waals surface area (Å²) in [5.41, 5.74) is 6.31. The maximum absolute atomic E-state index is 14.4. The number of halogens is 2. The van der Waals surface area contributed by atoms with Gasteiger partial charge in [0.05, 0.1) is 15.4 Å². The maximum Gasteiger partial charge on any atom is 0.293 e. The SMILES string of the molecule is Cc1ccc(S(=O)n2ccc3c(-c4c(Oc5ccc(F)cc5F)ccc([N+](=O)[O-])c4N)cn(C)c(=O)c32)cc1. The van der Waals surface area contributed by atoms with Gasteiger partial charge in [0.1, 0.15) is 22.8 Å². The van der Waals surface area contributed by atoms with Crippen molar-refractivity contribution >= 4 is 33.3 Å². The third-order valence-electron chi connectivity index (χ3n) is 6.15. The Morgan fingerprint density at radius 3 is 2.38 bits per heavy atom. The van der Waals surface area contributed by atoms with Crippen LogP contribution in [0.2, 0.25) is 0 Å². The lowest BCUT2D eigenvalue weighted by Crippen LogP contribution is -2.20. The fraction of sp³-hybridized carbons (Fsp3) is 0.0741. The maximum atomic E-state index is 14.4. The molecule has 0 aliphatic carbocycles. The molecule has 39 heavy (non-hydrogen) atoms. The molecule has 0 spiro atoms. The van der Waals surface area contributed by atoms with Gasteiger partial charge < -0.3 is 15.0 Å². The van der Waals surface area contributed by atoms with Crippen LogP contribution in [0.1, 0.15) is 5.56 Å². The zero-order valence-corrected chi connectivity index (χ0v) is 21.4. The van der Waals surface area contributed by atoms with E-state index in [0.29, 0.717) is 11.0 Å². The Labute approximate surface area is 222 Å². The number of fused-ring (bicyclic) bond motifs is 1. The fourth-order valence-corrected chi connectivity index (χ4v) is 5.33. The summed E-state index contributed by atoms with van der Waals surface area (Å²) in [5, 5.41) is 12.0. The summed E-state index contributed by atoms with van der Waals surface area (Å²) in [6.45, 7) is 1.89. The van der Waals surface area contributed by atoms with Crippen molar-refractivity contribution in [1.82, 2.24) is 8.54 Å². The van der Waals surface area contributed by atoms with E-state index in [4.69, 9.17) is 10.5 Å². The van der Waals surface area contributed by atoms with Crippen LogP contribution in [0.15, 0.2) is 82.7 Å². The monoisotopic (exact) mass is 550 g/mol. The molecule has 5 rings (SSSR count). The van der Waals surface area contributed by atoms with Crippen LogP contribution in [-0.4, -0.2) is 17.7 Å². The van der Waals surface area contributed by atoms with Crippen LogP contribution in [0.4, 0.5) is 20.2 Å². The number of nitrogens with two attached hydrogens (primary N) is 1. The third kappa shape index (κ3) is 4.55. The van der Waals surface area contributed by atoms with Gasteiger partial charge in [-0.1, -0.05) is 17.7 Å². The molecule has 0 amide bonds. The van der Waals surface area contributed by atoms with Crippen LogP contribution in [0.5, 0.6) is 11.5 Å². The molecule has 12 heteroatoms. The molecule has 0 aliphatic rings. The van der Waals surface area contributed by atoms with Crippen molar-refractivity contribution in [2.24, 2.45) is 7.05 Å². The molecule has 0 aliphatic heterocycles. The predicted octanol–water partition coefficient (Wildman–Crippen LogP) is 5.45. The van der Waals surface area contributed by atoms with Gasteiger partial charge in [-0.2, -0.15) is 0 Å². The van der Waals surface area contributed by atoms with Crippen LogP contribution >= 0.6 is 0 Å². The van der Waals surface area contributed by atoms with E-state index >= 15 is 0 Å². The lowest BCUT2D eigenvalue weighted by molar-refractivity contribution is -0.383. The first-order valence-electron chi connectivity index (χ1n) is 11.5. The van der Waals surface area contributed by atoms with Crippen molar-refractivity contribution < 1.29 is 22.6 Å². The van der Waals surface area contributed by atoms with E-state index < -0.39 is 38.8 Å². The number of nitrogens with zero attached hydrogens (tertiary/aromatic N) is 3. The average molecular weight is 551 g/mol. The molecule has 2 N–H and O–H groups in total. The standard InChI is InChI=1S/C27H20F2N4O5S/c1-15-3-6-17(7-4-15)39(37)32-12-11-18-19(14-31(2)27(34)26(18)32)24-23(10-8-21(25(24)30)33(35)36)38-22-9-5-16(28)13-20(22)29/h3-14H,30H2,1-2H3. The van der Waals surface area contributed by atoms with Gasteiger partial charge in [-0.25, -0.2) is 13.0 Å². The highest BCUT2D eigenvalue weighted by Gasteiger charge is 2.26. The molecule has 0 saturated carbocycles. The molecule has 9 nitrogen and oxygen atoms in total. The second kappa shape index (κ2) is 9.80. The van der Waals surface area contributed by atoms with Gasteiger partial charge in [-0.05, 0) is 43.3 Å². The molecule has 0 radical (unpaired) electrons. The summed E-state index contributed by atoms with van der Waals surface area (Å²) < 4.78 is 49.6. The van der Waals surface area contributed by atoms with Gasteiger partial charge >= 0.3 is 0 Å². The van der Waals surface area contributed by atoms with Crippen LogP contribution < -0.4 is 16.0 Å². The molecule has 0 bridgehead atoms. The van der Waals surface area contributed by atoms with Crippen molar-refractivity contribution in [3.8, 4) is 22.6 Å². The Morgan fingerprint density at radius 1 is 1.03 bits per heavy atom. The van der Waals surface area contributed by atoms with Crippen molar-refractivity contribution in [1.29, 1.82) is 0 Å². The number of hydrogen-bond acceptors (Lipinski definition) is 6. The minimum atomic E-state index is -1.79. The van der Waals surface area contributed by atoms with E-state index in [0.717, 1.165) is 23.8 Å². The normalized spacial score (nSPS) is 12.0. The van der Waals surface area contributed by atoms with E-state index in [9.17, 15) is 27.9 Å². The summed E-state index contributed by atoms with van der Waals surface area (Å²) in [7, 11) is -0.330. The van der Waals surface area contributed by atoms with Gasteiger partial charge in [0.15, 0.2) is 22.6 Å². The number of ether oxygens (including phenoxy) is 1. The second-order valence-electron chi connectivity index (χ2n) is 8.73. The number of nitrogen functional groups attached to an aromatic ring is 1. The summed E-state index contributed by atoms with van der Waals surface area (Å²) >= 11 is 0. The minimum Gasteiger partial charge on any atom is -0.454 e. The first kappa shape index (κ1) is 25.8. The molecule has 0 saturated heterocycles. The molecule has 198 valence electrons. The Bertz CT molecular complexity index is 1870. The summed E-state index contributed by atoms with van der Waals surface area (Å²) in [5.74, 6) is -2.23. The highest BCUT2D eigenvalue weighted by molar-refractivity contribution is 7.83. The Kier molecular flexibility index (Phi) is 6.48. The summed E-state index contributed by atoms with van der Waals surface area (Å²) in [6.07, 6.45) is 2.88. The number of hydrogen-bond donors (Lipinski definition) is 1. The number of aryl methyl sites for hydroxylation is 2. The number of benzene rings is 3. The van der Waals surface area contributed by atoms with E-state index in [1.165, 1.54) is 34.0 Å². The Balaban J connectivity index is 1.77. The van der Waals surface area contributed by atoms with Crippen molar-refractivity contribution in [2.45, 2.75) is 11.8 Å². The lowest BCUT2D eigenvalue weighted by atomic mass is 10.00. The van der Waals surface area contributed by atoms with Crippen LogP contribution in [0.25, 0.3) is 22.0 Å². The van der Waals surface area contributed by atoms with Crippen LogP contribution in [-0.2, 0) is 18.0 Å². The fourth-order valence-electron chi connectivity index (χ4n) is 4.22. The van der Waals surface area contributed by atoms with Crippen molar-refractivity contribution in [3.05, 3.63) is 111 Å². The first-order chi connectivity index (χ1) is 18.6. The number of aromatic nitrogens is 2. The Hall–Kier alpha value is -4.84. The zero-order valence-electron chi connectivity index (χ0n) is 20.6. The largest absolute Gasteiger partial charge is 0.454 e. The highest BCUT2D eigenvalue weighted by Crippen LogP contribution is 2.44. The molecule has 2 heterocycles. The third-order valence-corrected chi connectivity index (χ3v) is 7.49. The molecule has 3 aromatic carbocycles. The molecule has 0 fully saturated rings. The first-order valence-corrected chi connectivity index (χ1v) is 12.6. The van der Waals surface area contributed by atoms with Gasteiger partial charge in [0.25, 0.3) is 11.2 Å². The zero-order chi connectivity index (χ0) is 28.0. The highest BCUT2D eigenvalue weighted by atomic mass is 32.2. The number of rotatable bonds is 6. The van der Waals surface area contributed by atoms with E-state index in [-0.39, 0.29) is 39.2 Å². The summed E-state index contributed by atoms with van der Waals surface area (Å²) in [4.78, 5) is 24.7.